The van der Waals surface area contributed by atoms with E-state index in [0.29, 0.717) is 12.3 Å². The molecule has 0 radical (unpaired) electrons. The number of fused-ring (bicyclic) bond motifs is 1. The standard InChI is InChI=1S/C24H30N4O3/c29-21(6-2-1-5-20-10-9-16-4-3-11-25-24(16)28-20)12-18(13-22(30)31)19-14-26-23(27-15-19)17-7-8-17/h9-10,14-15,17-18H,1-8,11-13H2,(H,25,28)(H,30,31)/t18-/m1/s1. The number of carboxylic acid groups (broad SMARTS) is 1. The van der Waals surface area contributed by atoms with E-state index in [1.54, 1.807) is 12.4 Å². The number of pyridine rings is 1. The Hall–Kier alpha value is -2.83. The van der Waals surface area contributed by atoms with E-state index in [-0.39, 0.29) is 24.5 Å². The summed E-state index contributed by atoms with van der Waals surface area (Å²) in [6.07, 6.45) is 11.0. The molecule has 164 valence electrons. The Kier molecular flexibility index (Phi) is 6.89. The van der Waals surface area contributed by atoms with Gasteiger partial charge in [0.15, 0.2) is 0 Å². The first-order valence-electron chi connectivity index (χ1n) is 11.4. The van der Waals surface area contributed by atoms with Crippen LogP contribution in [0, 0.1) is 0 Å². The molecule has 7 nitrogen and oxygen atoms in total. The van der Waals surface area contributed by atoms with Crippen LogP contribution < -0.4 is 5.32 Å². The third-order valence-electron chi connectivity index (χ3n) is 6.09. The van der Waals surface area contributed by atoms with Crippen LogP contribution in [-0.4, -0.2) is 38.4 Å². The van der Waals surface area contributed by atoms with Gasteiger partial charge in [-0.05, 0) is 62.1 Å². The number of nitrogens with one attached hydrogen (secondary N) is 1. The first-order valence-corrected chi connectivity index (χ1v) is 11.4. The molecule has 0 bridgehead atoms. The first-order chi connectivity index (χ1) is 15.1. The molecule has 3 heterocycles. The molecule has 2 aliphatic rings. The fourth-order valence-corrected chi connectivity index (χ4v) is 4.14. The Morgan fingerprint density at radius 3 is 2.68 bits per heavy atom. The summed E-state index contributed by atoms with van der Waals surface area (Å²) < 4.78 is 0. The van der Waals surface area contributed by atoms with Crippen molar-refractivity contribution in [1.29, 1.82) is 0 Å². The minimum atomic E-state index is -0.906. The van der Waals surface area contributed by atoms with Gasteiger partial charge in [0.25, 0.3) is 0 Å². The molecular weight excluding hydrogens is 392 g/mol. The summed E-state index contributed by atoms with van der Waals surface area (Å²) in [5.41, 5.74) is 3.08. The molecule has 0 amide bonds. The lowest BCUT2D eigenvalue weighted by molar-refractivity contribution is -0.137. The fourth-order valence-electron chi connectivity index (χ4n) is 4.14. The zero-order valence-corrected chi connectivity index (χ0v) is 17.8. The molecule has 1 aliphatic carbocycles. The molecular formula is C24H30N4O3. The van der Waals surface area contributed by atoms with Gasteiger partial charge in [0.05, 0.1) is 6.42 Å². The van der Waals surface area contributed by atoms with E-state index in [0.717, 1.165) is 74.4 Å². The molecule has 0 aromatic carbocycles. The minimum Gasteiger partial charge on any atom is -0.481 e. The van der Waals surface area contributed by atoms with Gasteiger partial charge in [-0.25, -0.2) is 15.0 Å². The summed E-state index contributed by atoms with van der Waals surface area (Å²) in [7, 11) is 0. The summed E-state index contributed by atoms with van der Waals surface area (Å²) in [6.45, 7) is 0.976. The number of Topliss-reactive ketones (excluding diaryl/α,β-unsaturated/α-hetero) is 1. The summed E-state index contributed by atoms with van der Waals surface area (Å²) >= 11 is 0. The number of aromatic nitrogens is 3. The second-order valence-corrected chi connectivity index (χ2v) is 8.73. The maximum Gasteiger partial charge on any atom is 0.303 e. The molecule has 2 aromatic heterocycles. The Balaban J connectivity index is 1.25. The smallest absolute Gasteiger partial charge is 0.303 e. The van der Waals surface area contributed by atoms with E-state index in [2.05, 4.69) is 27.4 Å². The number of unbranched alkanes of at least 4 members (excludes halogenated alkanes) is 1. The van der Waals surface area contributed by atoms with E-state index in [9.17, 15) is 14.7 Å². The molecule has 0 saturated heterocycles. The predicted molar refractivity (Wildman–Crippen MR) is 117 cm³/mol. The van der Waals surface area contributed by atoms with Crippen LogP contribution in [0.3, 0.4) is 0 Å². The molecule has 2 N–H and O–H groups in total. The van der Waals surface area contributed by atoms with E-state index in [1.165, 1.54) is 5.56 Å². The number of aliphatic carboxylic acids is 1. The number of hydrogen-bond donors (Lipinski definition) is 2. The van der Waals surface area contributed by atoms with Crippen LogP contribution in [0.2, 0.25) is 0 Å². The van der Waals surface area contributed by atoms with Gasteiger partial charge >= 0.3 is 5.97 Å². The highest BCUT2D eigenvalue weighted by atomic mass is 16.4. The minimum absolute atomic E-state index is 0.0794. The van der Waals surface area contributed by atoms with Crippen molar-refractivity contribution in [3.05, 3.63) is 47.2 Å². The second kappa shape index (κ2) is 9.98. The SMILES string of the molecule is O=C(O)C[C@@H](CC(=O)CCCCc1ccc2c(n1)NCCC2)c1cnc(C2CC2)nc1. The topological polar surface area (TPSA) is 105 Å². The van der Waals surface area contributed by atoms with E-state index in [4.69, 9.17) is 4.98 Å². The Bertz CT molecular complexity index is 925. The molecule has 2 aromatic rings. The maximum atomic E-state index is 12.5. The lowest BCUT2D eigenvalue weighted by Crippen LogP contribution is -2.14. The van der Waals surface area contributed by atoms with Gasteiger partial charge in [-0.15, -0.1) is 0 Å². The molecule has 1 aliphatic heterocycles. The van der Waals surface area contributed by atoms with Crippen molar-refractivity contribution in [3.8, 4) is 0 Å². The van der Waals surface area contributed by atoms with Gasteiger partial charge < -0.3 is 10.4 Å². The second-order valence-electron chi connectivity index (χ2n) is 8.73. The molecule has 7 heteroatoms. The lowest BCUT2D eigenvalue weighted by Gasteiger charge is -2.17. The van der Waals surface area contributed by atoms with Gasteiger partial charge in [0.2, 0.25) is 0 Å². The quantitative estimate of drug-likeness (QED) is 0.527. The lowest BCUT2D eigenvalue weighted by atomic mass is 9.91. The number of carbonyl (C=O) groups is 2. The van der Waals surface area contributed by atoms with Crippen molar-refractivity contribution in [2.75, 3.05) is 11.9 Å². The molecule has 0 unspecified atom stereocenters. The Labute approximate surface area is 182 Å². The molecule has 1 fully saturated rings. The number of carbonyl (C=O) groups excluding carboxylic acids is 1. The largest absolute Gasteiger partial charge is 0.481 e. The third-order valence-corrected chi connectivity index (χ3v) is 6.09. The van der Waals surface area contributed by atoms with Gasteiger partial charge in [-0.2, -0.15) is 0 Å². The number of anilines is 1. The van der Waals surface area contributed by atoms with Crippen molar-refractivity contribution in [2.45, 2.75) is 76.0 Å². The van der Waals surface area contributed by atoms with Crippen LogP contribution in [0.25, 0.3) is 0 Å². The Morgan fingerprint density at radius 1 is 1.13 bits per heavy atom. The number of rotatable bonds is 11. The van der Waals surface area contributed by atoms with E-state index >= 15 is 0 Å². The average Bonchev–Trinajstić information content (AvgIpc) is 3.61. The maximum absolute atomic E-state index is 12.5. The number of carboxylic acids is 1. The summed E-state index contributed by atoms with van der Waals surface area (Å²) in [4.78, 5) is 37.3. The van der Waals surface area contributed by atoms with Crippen molar-refractivity contribution in [3.63, 3.8) is 0 Å². The van der Waals surface area contributed by atoms with E-state index < -0.39 is 5.97 Å². The Morgan fingerprint density at radius 2 is 1.94 bits per heavy atom. The zero-order chi connectivity index (χ0) is 21.6. The highest BCUT2D eigenvalue weighted by molar-refractivity contribution is 5.80. The van der Waals surface area contributed by atoms with Gasteiger partial charge in [-0.3, -0.25) is 9.59 Å². The van der Waals surface area contributed by atoms with Gasteiger partial charge in [0.1, 0.15) is 17.4 Å². The van der Waals surface area contributed by atoms with Crippen LogP contribution in [-0.2, 0) is 22.4 Å². The van der Waals surface area contributed by atoms with Crippen LogP contribution in [0.5, 0.6) is 0 Å². The monoisotopic (exact) mass is 422 g/mol. The zero-order valence-electron chi connectivity index (χ0n) is 17.8. The summed E-state index contributed by atoms with van der Waals surface area (Å²) in [5, 5.41) is 12.6. The van der Waals surface area contributed by atoms with Gasteiger partial charge in [-0.1, -0.05) is 6.07 Å². The normalized spacial score (nSPS) is 16.3. The fraction of sp³-hybridized carbons (Fsp3) is 0.542. The van der Waals surface area contributed by atoms with Crippen molar-refractivity contribution in [1.82, 2.24) is 15.0 Å². The number of ketones is 1. The molecule has 4 rings (SSSR count). The van der Waals surface area contributed by atoms with Crippen LogP contribution in [0.4, 0.5) is 5.82 Å². The summed E-state index contributed by atoms with van der Waals surface area (Å²) in [6, 6.07) is 4.24. The number of aryl methyl sites for hydroxylation is 2. The van der Waals surface area contributed by atoms with Crippen molar-refractivity contribution >= 4 is 17.6 Å². The molecule has 0 spiro atoms. The predicted octanol–water partition coefficient (Wildman–Crippen LogP) is 4.04. The van der Waals surface area contributed by atoms with Crippen molar-refractivity contribution in [2.24, 2.45) is 0 Å². The first kappa shape index (κ1) is 21.4. The van der Waals surface area contributed by atoms with Crippen LogP contribution in [0.15, 0.2) is 24.5 Å². The number of nitrogens with zero attached hydrogens (tertiary/aromatic N) is 3. The van der Waals surface area contributed by atoms with Crippen LogP contribution in [0.1, 0.15) is 85.8 Å². The van der Waals surface area contributed by atoms with Gasteiger partial charge in [0, 0.05) is 49.3 Å². The molecule has 1 atom stereocenters. The average molecular weight is 423 g/mol. The highest BCUT2D eigenvalue weighted by Crippen LogP contribution is 2.38. The highest BCUT2D eigenvalue weighted by Gasteiger charge is 2.27. The summed E-state index contributed by atoms with van der Waals surface area (Å²) in [5.74, 6) is 1.11. The molecule has 31 heavy (non-hydrogen) atoms. The van der Waals surface area contributed by atoms with Crippen molar-refractivity contribution < 1.29 is 14.7 Å². The van der Waals surface area contributed by atoms with Crippen LogP contribution >= 0.6 is 0 Å². The molecule has 1 saturated carbocycles. The van der Waals surface area contributed by atoms with E-state index in [1.807, 2.05) is 0 Å². The third kappa shape index (κ3) is 6.09. The number of hydrogen-bond acceptors (Lipinski definition) is 6.